The number of benzene rings is 2. The van der Waals surface area contributed by atoms with E-state index in [0.29, 0.717) is 22.0 Å². The third-order valence-electron chi connectivity index (χ3n) is 4.57. The minimum atomic E-state index is -3.59. The number of methoxy groups -OCH3 is 1. The SMILES string of the molecule is COc1ccc(Cl)cc1OC1CN(S(=O)(=O)c2ccc3c(c2)ncn3C)C1. The minimum Gasteiger partial charge on any atom is -0.493 e. The van der Waals surface area contributed by atoms with E-state index >= 15 is 0 Å². The molecule has 1 aliphatic rings. The number of fused-ring (bicyclic) bond motifs is 1. The Morgan fingerprint density at radius 3 is 2.67 bits per heavy atom. The molecule has 4 rings (SSSR count). The van der Waals surface area contributed by atoms with Crippen molar-refractivity contribution in [2.75, 3.05) is 20.2 Å². The second-order valence-corrected chi connectivity index (χ2v) is 8.74. The summed E-state index contributed by atoms with van der Waals surface area (Å²) in [7, 11) is -0.178. The normalized spacial score (nSPS) is 15.7. The van der Waals surface area contributed by atoms with Crippen molar-refractivity contribution in [3.63, 3.8) is 0 Å². The Morgan fingerprint density at radius 1 is 1.15 bits per heavy atom. The number of aryl methyl sites for hydroxylation is 1. The topological polar surface area (TPSA) is 73.7 Å². The molecule has 27 heavy (non-hydrogen) atoms. The molecule has 9 heteroatoms. The van der Waals surface area contributed by atoms with Crippen LogP contribution in [0.5, 0.6) is 11.5 Å². The first-order valence-electron chi connectivity index (χ1n) is 8.30. The van der Waals surface area contributed by atoms with Gasteiger partial charge in [-0.15, -0.1) is 0 Å². The number of sulfonamides is 1. The lowest BCUT2D eigenvalue weighted by Gasteiger charge is -2.38. The summed E-state index contributed by atoms with van der Waals surface area (Å²) in [6, 6.07) is 10.0. The van der Waals surface area contributed by atoms with Crippen molar-refractivity contribution in [1.82, 2.24) is 13.9 Å². The second kappa shape index (κ2) is 6.70. The number of halogens is 1. The van der Waals surface area contributed by atoms with Crippen molar-refractivity contribution in [2.45, 2.75) is 11.0 Å². The monoisotopic (exact) mass is 407 g/mol. The average Bonchev–Trinajstić information content (AvgIpc) is 2.98. The first-order valence-corrected chi connectivity index (χ1v) is 10.1. The van der Waals surface area contributed by atoms with Crippen molar-refractivity contribution in [1.29, 1.82) is 0 Å². The van der Waals surface area contributed by atoms with Gasteiger partial charge in [0, 0.05) is 18.1 Å². The van der Waals surface area contributed by atoms with Crippen LogP contribution in [0.25, 0.3) is 11.0 Å². The highest BCUT2D eigenvalue weighted by molar-refractivity contribution is 7.89. The van der Waals surface area contributed by atoms with E-state index in [-0.39, 0.29) is 24.1 Å². The Kier molecular flexibility index (Phi) is 4.49. The second-order valence-electron chi connectivity index (χ2n) is 6.36. The molecule has 0 amide bonds. The Bertz CT molecular complexity index is 1110. The summed E-state index contributed by atoms with van der Waals surface area (Å²) in [5.74, 6) is 1.06. The molecule has 1 fully saturated rings. The van der Waals surface area contributed by atoms with Gasteiger partial charge in [0.1, 0.15) is 6.10 Å². The van der Waals surface area contributed by atoms with E-state index < -0.39 is 10.0 Å². The third-order valence-corrected chi connectivity index (χ3v) is 6.63. The van der Waals surface area contributed by atoms with Gasteiger partial charge in [0.25, 0.3) is 0 Å². The summed E-state index contributed by atoms with van der Waals surface area (Å²) < 4.78 is 40.0. The van der Waals surface area contributed by atoms with Crippen LogP contribution in [0, 0.1) is 0 Å². The van der Waals surface area contributed by atoms with Gasteiger partial charge in [-0.3, -0.25) is 0 Å². The molecule has 142 valence electrons. The van der Waals surface area contributed by atoms with Crippen molar-refractivity contribution in [2.24, 2.45) is 7.05 Å². The van der Waals surface area contributed by atoms with Crippen LogP contribution in [0.2, 0.25) is 5.02 Å². The molecule has 0 N–H and O–H groups in total. The van der Waals surface area contributed by atoms with E-state index in [1.165, 1.54) is 4.31 Å². The summed E-state index contributed by atoms with van der Waals surface area (Å²) in [6.07, 6.45) is 1.40. The number of imidazole rings is 1. The quantitative estimate of drug-likeness (QED) is 0.650. The molecule has 0 unspecified atom stereocenters. The molecule has 1 aromatic heterocycles. The summed E-state index contributed by atoms with van der Waals surface area (Å²) >= 11 is 6.00. The van der Waals surface area contributed by atoms with Crippen LogP contribution in [0.4, 0.5) is 0 Å². The highest BCUT2D eigenvalue weighted by Gasteiger charge is 2.38. The van der Waals surface area contributed by atoms with Crippen LogP contribution in [0.1, 0.15) is 0 Å². The number of hydrogen-bond donors (Lipinski definition) is 0. The maximum Gasteiger partial charge on any atom is 0.243 e. The predicted octanol–water partition coefficient (Wildman–Crippen LogP) is 2.69. The summed E-state index contributed by atoms with van der Waals surface area (Å²) in [6.45, 7) is 0.524. The molecule has 1 saturated heterocycles. The Morgan fingerprint density at radius 2 is 1.93 bits per heavy atom. The molecule has 0 atom stereocenters. The van der Waals surface area contributed by atoms with Gasteiger partial charge in [-0.1, -0.05) is 11.6 Å². The average molecular weight is 408 g/mol. The van der Waals surface area contributed by atoms with Crippen LogP contribution in [0.15, 0.2) is 47.6 Å². The summed E-state index contributed by atoms with van der Waals surface area (Å²) in [5.41, 5.74) is 1.53. The largest absolute Gasteiger partial charge is 0.493 e. The lowest BCUT2D eigenvalue weighted by molar-refractivity contribution is 0.0736. The fraction of sp³-hybridized carbons (Fsp3) is 0.278. The molecule has 0 aliphatic carbocycles. The predicted molar refractivity (Wildman–Crippen MR) is 102 cm³/mol. The van der Waals surface area contributed by atoms with Gasteiger partial charge >= 0.3 is 0 Å². The zero-order chi connectivity index (χ0) is 19.2. The lowest BCUT2D eigenvalue weighted by Crippen LogP contribution is -2.55. The van der Waals surface area contributed by atoms with Gasteiger partial charge in [-0.05, 0) is 30.3 Å². The molecule has 2 aromatic carbocycles. The fourth-order valence-corrected chi connectivity index (χ4v) is 4.71. The van der Waals surface area contributed by atoms with Gasteiger partial charge < -0.3 is 14.0 Å². The smallest absolute Gasteiger partial charge is 0.243 e. The van der Waals surface area contributed by atoms with E-state index in [1.807, 2.05) is 11.6 Å². The number of nitrogens with zero attached hydrogens (tertiary/aromatic N) is 3. The van der Waals surface area contributed by atoms with E-state index in [2.05, 4.69) is 4.98 Å². The standard InChI is InChI=1S/C18H18ClN3O4S/c1-21-11-20-15-8-14(4-5-16(15)21)27(23,24)22-9-13(10-22)26-18-7-12(19)3-6-17(18)25-2/h3-8,11,13H,9-10H2,1-2H3. The Balaban J connectivity index is 1.48. The summed E-state index contributed by atoms with van der Waals surface area (Å²) in [4.78, 5) is 4.45. The van der Waals surface area contributed by atoms with Crippen LogP contribution >= 0.6 is 11.6 Å². The van der Waals surface area contributed by atoms with E-state index in [9.17, 15) is 8.42 Å². The molecule has 0 bridgehead atoms. The Labute approximate surface area is 162 Å². The first kappa shape index (κ1) is 18.1. The number of ether oxygens (including phenoxy) is 2. The Hall–Kier alpha value is -2.29. The van der Waals surface area contributed by atoms with Gasteiger partial charge in [-0.2, -0.15) is 4.31 Å². The maximum atomic E-state index is 12.8. The van der Waals surface area contributed by atoms with Crippen molar-refractivity contribution < 1.29 is 17.9 Å². The van der Waals surface area contributed by atoms with E-state index in [1.54, 1.807) is 49.8 Å². The van der Waals surface area contributed by atoms with Crippen LogP contribution in [-0.4, -0.2) is 48.6 Å². The van der Waals surface area contributed by atoms with Gasteiger partial charge in [0.05, 0.1) is 42.5 Å². The highest BCUT2D eigenvalue weighted by atomic mass is 35.5. The highest BCUT2D eigenvalue weighted by Crippen LogP contribution is 2.33. The molecule has 3 aromatic rings. The molecule has 7 nitrogen and oxygen atoms in total. The maximum absolute atomic E-state index is 12.8. The molecule has 2 heterocycles. The van der Waals surface area contributed by atoms with Crippen molar-refractivity contribution in [3.05, 3.63) is 47.7 Å². The first-order chi connectivity index (χ1) is 12.9. The lowest BCUT2D eigenvalue weighted by atomic mass is 10.2. The minimum absolute atomic E-state index is 0.229. The zero-order valence-electron chi connectivity index (χ0n) is 14.8. The van der Waals surface area contributed by atoms with Crippen molar-refractivity contribution >= 4 is 32.7 Å². The summed E-state index contributed by atoms with van der Waals surface area (Å²) in [5, 5.41) is 0.526. The molecule has 1 aliphatic heterocycles. The molecular weight excluding hydrogens is 390 g/mol. The molecule has 0 saturated carbocycles. The van der Waals surface area contributed by atoms with Crippen LogP contribution in [0.3, 0.4) is 0 Å². The number of hydrogen-bond acceptors (Lipinski definition) is 5. The van der Waals surface area contributed by atoms with Gasteiger partial charge in [0.2, 0.25) is 10.0 Å². The fourth-order valence-electron chi connectivity index (χ4n) is 3.02. The molecule has 0 radical (unpaired) electrons. The van der Waals surface area contributed by atoms with Crippen LogP contribution < -0.4 is 9.47 Å². The van der Waals surface area contributed by atoms with Crippen molar-refractivity contribution in [3.8, 4) is 11.5 Å². The molecular formula is C18H18ClN3O4S. The molecule has 0 spiro atoms. The third kappa shape index (κ3) is 3.24. The van der Waals surface area contributed by atoms with Gasteiger partial charge in [-0.25, -0.2) is 13.4 Å². The number of aromatic nitrogens is 2. The van der Waals surface area contributed by atoms with Crippen LogP contribution in [-0.2, 0) is 17.1 Å². The van der Waals surface area contributed by atoms with Gasteiger partial charge in [0.15, 0.2) is 11.5 Å². The van der Waals surface area contributed by atoms with E-state index in [0.717, 1.165) is 5.52 Å². The number of rotatable bonds is 5. The van der Waals surface area contributed by atoms with E-state index in [4.69, 9.17) is 21.1 Å². The zero-order valence-corrected chi connectivity index (χ0v) is 16.4.